The van der Waals surface area contributed by atoms with Crippen LogP contribution in [0.2, 0.25) is 5.02 Å². The van der Waals surface area contributed by atoms with Crippen LogP contribution in [-0.4, -0.2) is 60.5 Å². The Morgan fingerprint density at radius 1 is 1.06 bits per heavy atom. The number of hydrogen-bond donors (Lipinski definition) is 1. The smallest absolute Gasteiger partial charge is 0.228 e. The first-order chi connectivity index (χ1) is 16.5. The van der Waals surface area contributed by atoms with Crippen molar-refractivity contribution in [2.45, 2.75) is 59.3 Å². The average Bonchev–Trinajstić information content (AvgIpc) is 2.81. The van der Waals surface area contributed by atoms with Crippen molar-refractivity contribution in [3.05, 3.63) is 64.4 Å². The molecule has 4 rings (SSSR count). The lowest BCUT2D eigenvalue weighted by molar-refractivity contribution is -0.140. The van der Waals surface area contributed by atoms with Crippen LogP contribution in [0.1, 0.15) is 51.8 Å². The first kappa shape index (κ1) is 25.9. The summed E-state index contributed by atoms with van der Waals surface area (Å²) < 4.78 is 14.9. The predicted octanol–water partition coefficient (Wildman–Crippen LogP) is 5.10. The Labute approximate surface area is 214 Å². The van der Waals surface area contributed by atoms with Crippen LogP contribution in [0.15, 0.2) is 42.5 Å². The second kappa shape index (κ2) is 10.5. The number of carbonyl (C=O) groups is 1. The Morgan fingerprint density at radius 2 is 1.71 bits per heavy atom. The van der Waals surface area contributed by atoms with Gasteiger partial charge in [0.05, 0.1) is 11.7 Å². The fourth-order valence-corrected chi connectivity index (χ4v) is 5.43. The zero-order valence-corrected chi connectivity index (χ0v) is 22.3. The maximum atomic E-state index is 14.9. The van der Waals surface area contributed by atoms with Gasteiger partial charge in [-0.15, -0.1) is 0 Å². The van der Waals surface area contributed by atoms with E-state index in [9.17, 15) is 9.18 Å². The van der Waals surface area contributed by atoms with Crippen molar-refractivity contribution in [3.8, 4) is 0 Å². The Bertz CT molecular complexity index is 1030. The van der Waals surface area contributed by atoms with Crippen molar-refractivity contribution < 1.29 is 9.18 Å². The van der Waals surface area contributed by atoms with E-state index in [1.807, 2.05) is 25.7 Å². The van der Waals surface area contributed by atoms with E-state index in [1.54, 1.807) is 12.1 Å². The molecular formula is C28H38ClFN4O. The summed E-state index contributed by atoms with van der Waals surface area (Å²) in [5, 5.41) is 3.87. The molecular weight excluding hydrogens is 463 g/mol. The molecule has 0 unspecified atom stereocenters. The number of rotatable bonds is 4. The second-order valence-electron chi connectivity index (χ2n) is 11.1. The Morgan fingerprint density at radius 3 is 2.31 bits per heavy atom. The lowest BCUT2D eigenvalue weighted by atomic mass is 9.92. The van der Waals surface area contributed by atoms with E-state index in [4.69, 9.17) is 11.6 Å². The van der Waals surface area contributed by atoms with Gasteiger partial charge in [0.15, 0.2) is 0 Å². The normalized spacial score (nSPS) is 24.0. The van der Waals surface area contributed by atoms with Crippen molar-refractivity contribution in [1.82, 2.24) is 15.1 Å². The van der Waals surface area contributed by atoms with Crippen LogP contribution in [0.3, 0.4) is 0 Å². The van der Waals surface area contributed by atoms with Crippen molar-refractivity contribution in [1.29, 1.82) is 0 Å². The van der Waals surface area contributed by atoms with Gasteiger partial charge < -0.3 is 15.1 Å². The van der Waals surface area contributed by atoms with Gasteiger partial charge in [-0.1, -0.05) is 56.6 Å². The molecule has 0 spiro atoms. The molecule has 0 saturated carbocycles. The number of hydrogen-bond acceptors (Lipinski definition) is 4. The molecule has 0 radical (unpaired) electrons. The summed E-state index contributed by atoms with van der Waals surface area (Å²) in [6.07, 6.45) is 0. The minimum atomic E-state index is -0.460. The Hall–Kier alpha value is -2.15. The van der Waals surface area contributed by atoms with Gasteiger partial charge >= 0.3 is 0 Å². The molecule has 2 aliphatic rings. The zero-order chi connectivity index (χ0) is 25.3. The molecule has 2 aromatic rings. The maximum absolute atomic E-state index is 14.9. The molecule has 5 nitrogen and oxygen atoms in total. The fraction of sp³-hybridized carbons (Fsp3) is 0.536. The lowest BCUT2D eigenvalue weighted by Crippen LogP contribution is -2.54. The molecule has 190 valence electrons. The van der Waals surface area contributed by atoms with Crippen LogP contribution in [0, 0.1) is 11.2 Å². The quantitative estimate of drug-likeness (QED) is 0.634. The Kier molecular flexibility index (Phi) is 7.74. The minimum absolute atomic E-state index is 0.122. The topological polar surface area (TPSA) is 38.8 Å². The fourth-order valence-electron chi connectivity index (χ4n) is 5.27. The van der Waals surface area contributed by atoms with Gasteiger partial charge in [-0.05, 0) is 43.2 Å². The molecule has 0 bridgehead atoms. The minimum Gasteiger partial charge on any atom is -0.359 e. The monoisotopic (exact) mass is 500 g/mol. The summed E-state index contributed by atoms with van der Waals surface area (Å²) in [5.41, 5.74) is 2.40. The summed E-state index contributed by atoms with van der Waals surface area (Å²) in [4.78, 5) is 19.6. The van der Waals surface area contributed by atoms with Crippen molar-refractivity contribution >= 4 is 23.2 Å². The van der Waals surface area contributed by atoms with E-state index in [0.29, 0.717) is 42.4 Å². The summed E-state index contributed by atoms with van der Waals surface area (Å²) in [6, 6.07) is 14.3. The van der Waals surface area contributed by atoms with Gasteiger partial charge in [-0.2, -0.15) is 0 Å². The molecule has 0 aliphatic carbocycles. The summed E-state index contributed by atoms with van der Waals surface area (Å²) in [7, 11) is 0. The Balaban J connectivity index is 1.60. The highest BCUT2D eigenvalue weighted by atomic mass is 35.5. The van der Waals surface area contributed by atoms with Crippen molar-refractivity contribution in [2.24, 2.45) is 5.41 Å². The summed E-state index contributed by atoms with van der Waals surface area (Å²) in [6.45, 7) is 14.9. The van der Waals surface area contributed by atoms with Crippen LogP contribution in [0.4, 0.5) is 10.1 Å². The molecule has 3 atom stereocenters. The molecule has 2 saturated heterocycles. The third-order valence-corrected chi connectivity index (χ3v) is 7.50. The van der Waals surface area contributed by atoms with Gasteiger partial charge in [0.1, 0.15) is 5.82 Å². The van der Waals surface area contributed by atoms with E-state index < -0.39 is 5.41 Å². The number of piperazine rings is 2. The first-order valence-electron chi connectivity index (χ1n) is 12.6. The van der Waals surface area contributed by atoms with E-state index in [2.05, 4.69) is 53.2 Å². The van der Waals surface area contributed by atoms with Crippen LogP contribution in [-0.2, 0) is 11.3 Å². The number of halogens is 2. The maximum Gasteiger partial charge on any atom is 0.228 e. The van der Waals surface area contributed by atoms with Crippen LogP contribution in [0.25, 0.3) is 0 Å². The van der Waals surface area contributed by atoms with Crippen LogP contribution >= 0.6 is 11.6 Å². The zero-order valence-electron chi connectivity index (χ0n) is 21.5. The van der Waals surface area contributed by atoms with Crippen LogP contribution in [0.5, 0.6) is 0 Å². The van der Waals surface area contributed by atoms with Gasteiger partial charge in [0.2, 0.25) is 5.91 Å². The largest absolute Gasteiger partial charge is 0.359 e. The first-order valence-corrected chi connectivity index (χ1v) is 13.0. The molecule has 2 fully saturated rings. The third kappa shape index (κ3) is 5.82. The highest BCUT2D eigenvalue weighted by Gasteiger charge is 2.36. The number of benzene rings is 2. The number of carbonyl (C=O) groups excluding carboxylic acids is 1. The lowest BCUT2D eigenvalue weighted by Gasteiger charge is -2.44. The van der Waals surface area contributed by atoms with Gasteiger partial charge in [-0.3, -0.25) is 9.69 Å². The third-order valence-electron chi connectivity index (χ3n) is 7.27. The molecule has 7 heteroatoms. The summed E-state index contributed by atoms with van der Waals surface area (Å²) >= 11 is 6.02. The van der Waals surface area contributed by atoms with E-state index in [0.717, 1.165) is 25.2 Å². The van der Waals surface area contributed by atoms with Gasteiger partial charge in [0, 0.05) is 61.8 Å². The average molecular weight is 501 g/mol. The SMILES string of the molecule is C[C@@H]1CNC[C@H](C)N1Cc1ccc([C@@H]2CN(C(=O)C(C)(C)C)CCN2c2ccc(Cl)cc2F)cc1. The number of nitrogens with zero attached hydrogens (tertiary/aromatic N) is 3. The highest BCUT2D eigenvalue weighted by molar-refractivity contribution is 6.30. The van der Waals surface area contributed by atoms with E-state index in [-0.39, 0.29) is 17.8 Å². The molecule has 0 aromatic heterocycles. The van der Waals surface area contributed by atoms with Gasteiger partial charge in [0.25, 0.3) is 0 Å². The second-order valence-corrected chi connectivity index (χ2v) is 11.5. The molecule has 2 aliphatic heterocycles. The molecule has 2 aromatic carbocycles. The standard InChI is InChI=1S/C28H38ClFN4O/c1-19-15-31-16-20(2)34(19)17-21-6-8-22(9-7-21)26-18-32(27(35)28(3,4)5)12-13-33(26)25-11-10-23(29)14-24(25)30/h6-11,14,19-20,26,31H,12-13,15-18H2,1-5H3/t19-,20+,26-/m0/s1. The molecule has 1 N–H and O–H groups in total. The van der Waals surface area contributed by atoms with Crippen molar-refractivity contribution in [2.75, 3.05) is 37.6 Å². The molecule has 35 heavy (non-hydrogen) atoms. The predicted molar refractivity (Wildman–Crippen MR) is 141 cm³/mol. The summed E-state index contributed by atoms with van der Waals surface area (Å²) in [5.74, 6) is -0.214. The van der Waals surface area contributed by atoms with Crippen LogP contribution < -0.4 is 10.2 Å². The van der Waals surface area contributed by atoms with E-state index in [1.165, 1.54) is 11.6 Å². The number of anilines is 1. The van der Waals surface area contributed by atoms with E-state index >= 15 is 0 Å². The number of nitrogens with one attached hydrogen (secondary N) is 1. The number of amides is 1. The van der Waals surface area contributed by atoms with Crippen molar-refractivity contribution in [3.63, 3.8) is 0 Å². The molecule has 1 amide bonds. The van der Waals surface area contributed by atoms with Gasteiger partial charge in [-0.25, -0.2) is 4.39 Å². The molecule has 2 heterocycles. The highest BCUT2D eigenvalue weighted by Crippen LogP contribution is 2.35.